The summed E-state index contributed by atoms with van der Waals surface area (Å²) in [5.41, 5.74) is 0.722. The number of benzene rings is 1. The average molecular weight is 270 g/mol. The largest absolute Gasteiger partial charge is 0.437 e. The lowest BCUT2D eigenvalue weighted by molar-refractivity contribution is 0.281. The number of nitrogens with zero attached hydrogens (tertiary/aromatic N) is 1. The van der Waals surface area contributed by atoms with Gasteiger partial charge < -0.3 is 9.84 Å². The first-order valence-corrected chi connectivity index (χ1v) is 5.63. The van der Waals surface area contributed by atoms with Gasteiger partial charge in [-0.3, -0.25) is 0 Å². The van der Waals surface area contributed by atoms with Crippen molar-refractivity contribution in [1.82, 2.24) is 4.98 Å². The van der Waals surface area contributed by atoms with Crippen LogP contribution < -0.4 is 4.74 Å². The molecule has 0 saturated heterocycles. The molecule has 3 nitrogen and oxygen atoms in total. The van der Waals surface area contributed by atoms with Crippen molar-refractivity contribution < 1.29 is 9.84 Å². The second kappa shape index (κ2) is 5.36. The highest BCUT2D eigenvalue weighted by Gasteiger charge is 2.05. The molecule has 0 aliphatic rings. The van der Waals surface area contributed by atoms with Crippen LogP contribution in [0.15, 0.2) is 36.5 Å². The van der Waals surface area contributed by atoms with E-state index >= 15 is 0 Å². The Bertz CT molecular complexity index is 532. The van der Waals surface area contributed by atoms with E-state index in [2.05, 4.69) is 4.98 Å². The van der Waals surface area contributed by atoms with E-state index in [0.717, 1.165) is 5.56 Å². The van der Waals surface area contributed by atoms with E-state index in [1.54, 1.807) is 36.5 Å². The molecule has 0 unspecified atom stereocenters. The second-order valence-corrected chi connectivity index (χ2v) is 4.18. The predicted molar refractivity (Wildman–Crippen MR) is 66.7 cm³/mol. The van der Waals surface area contributed by atoms with E-state index in [1.807, 2.05) is 0 Å². The predicted octanol–water partition coefficient (Wildman–Crippen LogP) is 3.67. The molecule has 0 aliphatic heterocycles. The highest BCUT2D eigenvalue weighted by molar-refractivity contribution is 6.35. The average Bonchev–Trinajstić information content (AvgIpc) is 2.33. The number of hydrogen-bond donors (Lipinski definition) is 1. The Hall–Kier alpha value is -1.29. The Morgan fingerprint density at radius 2 is 2.00 bits per heavy atom. The maximum absolute atomic E-state index is 8.99. The molecule has 1 N–H and O–H groups in total. The highest BCUT2D eigenvalue weighted by Crippen LogP contribution is 2.30. The summed E-state index contributed by atoms with van der Waals surface area (Å²) in [6, 6.07) is 8.28. The summed E-state index contributed by atoms with van der Waals surface area (Å²) in [7, 11) is 0. The topological polar surface area (TPSA) is 42.4 Å². The van der Waals surface area contributed by atoms with Gasteiger partial charge in [0.05, 0.1) is 11.6 Å². The lowest BCUT2D eigenvalue weighted by Gasteiger charge is -2.07. The van der Waals surface area contributed by atoms with Crippen LogP contribution in [0.5, 0.6) is 11.6 Å². The van der Waals surface area contributed by atoms with E-state index in [1.165, 1.54) is 0 Å². The van der Waals surface area contributed by atoms with Gasteiger partial charge in [-0.1, -0.05) is 23.2 Å². The van der Waals surface area contributed by atoms with Crippen LogP contribution in [0.3, 0.4) is 0 Å². The fourth-order valence-corrected chi connectivity index (χ4v) is 1.72. The van der Waals surface area contributed by atoms with Crippen molar-refractivity contribution in [2.24, 2.45) is 0 Å². The molecule has 2 rings (SSSR count). The lowest BCUT2D eigenvalue weighted by atomic mass is 10.3. The van der Waals surface area contributed by atoms with Crippen LogP contribution in [-0.4, -0.2) is 10.1 Å². The summed E-state index contributed by atoms with van der Waals surface area (Å²) in [5.74, 6) is 0.847. The Balaban J connectivity index is 2.25. The van der Waals surface area contributed by atoms with E-state index in [4.69, 9.17) is 33.0 Å². The molecule has 88 valence electrons. The number of rotatable bonds is 3. The number of aromatic nitrogens is 1. The first-order valence-electron chi connectivity index (χ1n) is 4.88. The monoisotopic (exact) mass is 269 g/mol. The van der Waals surface area contributed by atoms with E-state index in [-0.39, 0.29) is 6.61 Å². The van der Waals surface area contributed by atoms with E-state index in [9.17, 15) is 0 Å². The Labute approximate surface area is 109 Å². The second-order valence-electron chi connectivity index (χ2n) is 3.34. The van der Waals surface area contributed by atoms with Gasteiger partial charge >= 0.3 is 0 Å². The molecule has 0 atom stereocenters. The molecule has 0 amide bonds. The highest BCUT2D eigenvalue weighted by atomic mass is 35.5. The Morgan fingerprint density at radius 1 is 1.18 bits per heavy atom. The molecular formula is C12H9Cl2NO2. The zero-order valence-electron chi connectivity index (χ0n) is 8.73. The normalized spacial score (nSPS) is 10.3. The van der Waals surface area contributed by atoms with Crippen molar-refractivity contribution in [2.45, 2.75) is 6.61 Å². The van der Waals surface area contributed by atoms with Gasteiger partial charge in [-0.2, -0.15) is 0 Å². The molecule has 0 saturated carbocycles. The smallest absolute Gasteiger partial charge is 0.219 e. The van der Waals surface area contributed by atoms with E-state index < -0.39 is 0 Å². The number of pyridine rings is 1. The maximum Gasteiger partial charge on any atom is 0.219 e. The van der Waals surface area contributed by atoms with Crippen LogP contribution in [0.2, 0.25) is 10.0 Å². The molecule has 0 fully saturated rings. The van der Waals surface area contributed by atoms with Gasteiger partial charge in [-0.05, 0) is 29.8 Å². The van der Waals surface area contributed by atoms with Crippen LogP contribution in [0.4, 0.5) is 0 Å². The van der Waals surface area contributed by atoms with Crippen molar-refractivity contribution >= 4 is 23.2 Å². The first kappa shape index (κ1) is 12.2. The van der Waals surface area contributed by atoms with Gasteiger partial charge in [0.15, 0.2) is 0 Å². The number of aliphatic hydroxyl groups is 1. The third kappa shape index (κ3) is 3.09. The van der Waals surface area contributed by atoms with Crippen molar-refractivity contribution in [2.75, 3.05) is 0 Å². The lowest BCUT2D eigenvalue weighted by Crippen LogP contribution is -1.91. The van der Waals surface area contributed by atoms with Gasteiger partial charge in [-0.25, -0.2) is 4.98 Å². The minimum Gasteiger partial charge on any atom is -0.437 e. The van der Waals surface area contributed by atoms with Crippen LogP contribution in [-0.2, 0) is 6.61 Å². The molecule has 0 radical (unpaired) electrons. The minimum atomic E-state index is -0.0623. The Morgan fingerprint density at radius 3 is 2.71 bits per heavy atom. The zero-order chi connectivity index (χ0) is 12.3. The molecular weight excluding hydrogens is 261 g/mol. The third-order valence-corrected chi connectivity index (χ3v) is 2.62. The van der Waals surface area contributed by atoms with Crippen LogP contribution >= 0.6 is 23.2 Å². The van der Waals surface area contributed by atoms with Crippen molar-refractivity contribution in [3.63, 3.8) is 0 Å². The van der Waals surface area contributed by atoms with Gasteiger partial charge in [0.1, 0.15) is 5.75 Å². The maximum atomic E-state index is 8.99. The van der Waals surface area contributed by atoms with Crippen LogP contribution in [0, 0.1) is 0 Å². The third-order valence-electron chi connectivity index (χ3n) is 2.09. The molecule has 0 bridgehead atoms. The summed E-state index contributed by atoms with van der Waals surface area (Å²) >= 11 is 11.7. The van der Waals surface area contributed by atoms with Crippen molar-refractivity contribution in [3.05, 3.63) is 52.1 Å². The SMILES string of the molecule is OCc1ccnc(Oc2ccc(Cl)cc2Cl)c1. The molecule has 0 spiro atoms. The molecule has 17 heavy (non-hydrogen) atoms. The first-order chi connectivity index (χ1) is 8.19. The number of ether oxygens (including phenoxy) is 1. The van der Waals surface area contributed by atoms with Gasteiger partial charge in [0.2, 0.25) is 5.88 Å². The summed E-state index contributed by atoms with van der Waals surface area (Å²) in [6.45, 7) is -0.0623. The molecule has 0 aliphatic carbocycles. The quantitative estimate of drug-likeness (QED) is 0.925. The standard InChI is InChI=1S/C12H9Cl2NO2/c13-9-1-2-11(10(14)6-9)17-12-5-8(7-16)3-4-15-12/h1-6,16H,7H2. The molecule has 1 aromatic heterocycles. The van der Waals surface area contributed by atoms with Gasteiger partial charge in [0, 0.05) is 17.3 Å². The Kier molecular flexibility index (Phi) is 3.84. The number of hydrogen-bond acceptors (Lipinski definition) is 3. The van der Waals surface area contributed by atoms with Gasteiger partial charge in [0.25, 0.3) is 0 Å². The van der Waals surface area contributed by atoms with Crippen molar-refractivity contribution in [1.29, 1.82) is 0 Å². The number of aliphatic hydroxyl groups excluding tert-OH is 1. The van der Waals surface area contributed by atoms with Gasteiger partial charge in [-0.15, -0.1) is 0 Å². The molecule has 1 heterocycles. The van der Waals surface area contributed by atoms with Crippen LogP contribution in [0.1, 0.15) is 5.56 Å². The minimum absolute atomic E-state index is 0.0623. The molecule has 2 aromatic rings. The fourth-order valence-electron chi connectivity index (χ4n) is 1.28. The summed E-state index contributed by atoms with van der Waals surface area (Å²) in [5, 5.41) is 9.94. The van der Waals surface area contributed by atoms with Crippen LogP contribution in [0.25, 0.3) is 0 Å². The number of halogens is 2. The summed E-state index contributed by atoms with van der Waals surface area (Å²) in [4.78, 5) is 4.02. The van der Waals surface area contributed by atoms with E-state index in [0.29, 0.717) is 21.7 Å². The molecule has 5 heteroatoms. The fraction of sp³-hybridized carbons (Fsp3) is 0.0833. The van der Waals surface area contributed by atoms with Crippen molar-refractivity contribution in [3.8, 4) is 11.6 Å². The zero-order valence-corrected chi connectivity index (χ0v) is 10.2. The summed E-state index contributed by atoms with van der Waals surface area (Å²) < 4.78 is 5.49. The molecule has 1 aromatic carbocycles. The summed E-state index contributed by atoms with van der Waals surface area (Å²) in [6.07, 6.45) is 1.56.